The third kappa shape index (κ3) is 4.80. The molecule has 3 rings (SSSR count). The van der Waals surface area contributed by atoms with Crippen LogP contribution in [0.25, 0.3) is 11.8 Å². The standard InChI is InChI=1S/C20H25N5OS/c1-5-19-22-24-25(23-19)17-10-11-18(26-4)15(12-17)8-6-7-9-16-13-27-20(21-16)14(2)3/h6,8,10-14H,5,7,9H2,1-4H3/b8-6+. The second-order valence-corrected chi connectivity index (χ2v) is 7.44. The van der Waals surface area contributed by atoms with Gasteiger partial charge in [-0.3, -0.25) is 0 Å². The first-order chi connectivity index (χ1) is 13.1. The Kier molecular flexibility index (Phi) is 6.34. The molecule has 0 N–H and O–H groups in total. The topological polar surface area (TPSA) is 65.7 Å². The van der Waals surface area contributed by atoms with Crippen molar-refractivity contribution in [2.24, 2.45) is 0 Å². The second kappa shape index (κ2) is 8.90. The summed E-state index contributed by atoms with van der Waals surface area (Å²) in [5.74, 6) is 2.04. The van der Waals surface area contributed by atoms with Crippen molar-refractivity contribution in [3.8, 4) is 11.4 Å². The zero-order chi connectivity index (χ0) is 19.2. The number of benzene rings is 1. The zero-order valence-corrected chi connectivity index (χ0v) is 17.0. The molecule has 0 aliphatic heterocycles. The molecule has 7 heteroatoms. The SMILES string of the molecule is CCc1nnn(-c2ccc(OC)c(/C=C/CCc3csc(C(C)C)n3)c2)n1. The molecule has 142 valence electrons. The van der Waals surface area contributed by atoms with Crippen molar-refractivity contribution in [1.29, 1.82) is 0 Å². The normalized spacial score (nSPS) is 11.6. The van der Waals surface area contributed by atoms with E-state index in [-0.39, 0.29) is 0 Å². The average Bonchev–Trinajstić information content (AvgIpc) is 3.34. The van der Waals surface area contributed by atoms with E-state index in [2.05, 4.69) is 51.8 Å². The minimum atomic E-state index is 0.491. The van der Waals surface area contributed by atoms with Crippen molar-refractivity contribution in [3.05, 3.63) is 51.7 Å². The van der Waals surface area contributed by atoms with Crippen molar-refractivity contribution < 1.29 is 4.74 Å². The van der Waals surface area contributed by atoms with Gasteiger partial charge in [-0.05, 0) is 36.3 Å². The molecule has 0 aliphatic rings. The molecule has 0 spiro atoms. The van der Waals surface area contributed by atoms with Gasteiger partial charge in [0.15, 0.2) is 5.82 Å². The van der Waals surface area contributed by atoms with E-state index >= 15 is 0 Å². The maximum Gasteiger partial charge on any atom is 0.174 e. The van der Waals surface area contributed by atoms with Crippen LogP contribution in [0.2, 0.25) is 0 Å². The Morgan fingerprint density at radius 2 is 2.15 bits per heavy atom. The van der Waals surface area contributed by atoms with Gasteiger partial charge in [0.1, 0.15) is 5.75 Å². The highest BCUT2D eigenvalue weighted by atomic mass is 32.1. The van der Waals surface area contributed by atoms with Gasteiger partial charge in [0.25, 0.3) is 0 Å². The van der Waals surface area contributed by atoms with E-state index < -0.39 is 0 Å². The van der Waals surface area contributed by atoms with E-state index in [0.717, 1.165) is 47.8 Å². The highest BCUT2D eigenvalue weighted by Crippen LogP contribution is 2.24. The van der Waals surface area contributed by atoms with Crippen LogP contribution in [0.4, 0.5) is 0 Å². The minimum Gasteiger partial charge on any atom is -0.496 e. The van der Waals surface area contributed by atoms with Crippen molar-refractivity contribution in [3.63, 3.8) is 0 Å². The van der Waals surface area contributed by atoms with E-state index in [1.54, 1.807) is 23.2 Å². The summed E-state index contributed by atoms with van der Waals surface area (Å²) >= 11 is 1.74. The number of hydrogen-bond acceptors (Lipinski definition) is 6. The maximum absolute atomic E-state index is 5.48. The lowest BCUT2D eigenvalue weighted by Gasteiger charge is -2.07. The Bertz CT molecular complexity index is 913. The summed E-state index contributed by atoms with van der Waals surface area (Å²) in [6.45, 7) is 6.36. The predicted octanol–water partition coefficient (Wildman–Crippen LogP) is 4.46. The van der Waals surface area contributed by atoms with Gasteiger partial charge in [-0.1, -0.05) is 32.9 Å². The summed E-state index contributed by atoms with van der Waals surface area (Å²) in [6, 6.07) is 5.87. The van der Waals surface area contributed by atoms with Crippen molar-refractivity contribution >= 4 is 17.4 Å². The van der Waals surface area contributed by atoms with Crippen LogP contribution in [0.1, 0.15) is 55.2 Å². The Hall–Kier alpha value is -2.54. The molecule has 27 heavy (non-hydrogen) atoms. The molecule has 0 saturated heterocycles. The fraction of sp³-hybridized carbons (Fsp3) is 0.400. The first-order valence-electron chi connectivity index (χ1n) is 9.18. The van der Waals surface area contributed by atoms with Gasteiger partial charge in [0.2, 0.25) is 0 Å². The number of thiazole rings is 1. The Labute approximate surface area is 163 Å². The number of allylic oxidation sites excluding steroid dienone is 1. The molecule has 0 amide bonds. The van der Waals surface area contributed by atoms with E-state index in [1.807, 2.05) is 25.1 Å². The monoisotopic (exact) mass is 383 g/mol. The second-order valence-electron chi connectivity index (χ2n) is 6.55. The fourth-order valence-electron chi connectivity index (χ4n) is 2.61. The van der Waals surface area contributed by atoms with Gasteiger partial charge in [0, 0.05) is 23.3 Å². The van der Waals surface area contributed by atoms with Crippen LogP contribution in [0.5, 0.6) is 5.75 Å². The number of methoxy groups -OCH3 is 1. The van der Waals surface area contributed by atoms with Crippen molar-refractivity contribution in [2.75, 3.05) is 7.11 Å². The number of aromatic nitrogens is 5. The molecule has 2 heterocycles. The van der Waals surface area contributed by atoms with Gasteiger partial charge in [-0.15, -0.1) is 26.3 Å². The molecule has 2 aromatic heterocycles. The van der Waals surface area contributed by atoms with Crippen LogP contribution in [-0.2, 0) is 12.8 Å². The molecule has 0 atom stereocenters. The van der Waals surface area contributed by atoms with Crippen LogP contribution < -0.4 is 4.74 Å². The number of tetrazole rings is 1. The Balaban J connectivity index is 1.70. The Morgan fingerprint density at radius 3 is 2.81 bits per heavy atom. The number of aryl methyl sites for hydroxylation is 2. The molecule has 0 radical (unpaired) electrons. The summed E-state index contributed by atoms with van der Waals surface area (Å²) in [7, 11) is 1.68. The summed E-state index contributed by atoms with van der Waals surface area (Å²) in [5.41, 5.74) is 3.02. The summed E-state index contributed by atoms with van der Waals surface area (Å²) in [4.78, 5) is 6.24. The van der Waals surface area contributed by atoms with Gasteiger partial charge >= 0.3 is 0 Å². The van der Waals surface area contributed by atoms with Gasteiger partial charge < -0.3 is 4.74 Å². The van der Waals surface area contributed by atoms with Crippen LogP contribution in [0.15, 0.2) is 29.7 Å². The maximum atomic E-state index is 5.48. The molecule has 3 aromatic rings. The van der Waals surface area contributed by atoms with Crippen molar-refractivity contribution in [2.45, 2.75) is 46.0 Å². The van der Waals surface area contributed by atoms with Gasteiger partial charge in [-0.2, -0.15) is 0 Å². The van der Waals surface area contributed by atoms with Crippen LogP contribution in [-0.4, -0.2) is 32.3 Å². The molecule has 6 nitrogen and oxygen atoms in total. The van der Waals surface area contributed by atoms with Crippen LogP contribution in [0, 0.1) is 0 Å². The van der Waals surface area contributed by atoms with Gasteiger partial charge in [-0.25, -0.2) is 4.98 Å². The summed E-state index contributed by atoms with van der Waals surface area (Å²) in [6.07, 6.45) is 6.86. The fourth-order valence-corrected chi connectivity index (χ4v) is 3.48. The minimum absolute atomic E-state index is 0.491. The summed E-state index contributed by atoms with van der Waals surface area (Å²) in [5, 5.41) is 15.9. The smallest absolute Gasteiger partial charge is 0.174 e. The lowest BCUT2D eigenvalue weighted by atomic mass is 10.1. The number of ether oxygens (including phenoxy) is 1. The third-order valence-electron chi connectivity index (χ3n) is 4.14. The predicted molar refractivity (Wildman–Crippen MR) is 109 cm³/mol. The highest BCUT2D eigenvalue weighted by molar-refractivity contribution is 7.09. The first-order valence-corrected chi connectivity index (χ1v) is 10.1. The molecule has 0 unspecified atom stereocenters. The summed E-state index contributed by atoms with van der Waals surface area (Å²) < 4.78 is 5.48. The molecule has 0 fully saturated rings. The van der Waals surface area contributed by atoms with E-state index in [9.17, 15) is 0 Å². The molecule has 0 bridgehead atoms. The number of hydrogen-bond donors (Lipinski definition) is 0. The zero-order valence-electron chi connectivity index (χ0n) is 16.2. The lowest BCUT2D eigenvalue weighted by Crippen LogP contribution is -2.00. The largest absolute Gasteiger partial charge is 0.496 e. The average molecular weight is 384 g/mol. The number of nitrogens with zero attached hydrogens (tertiary/aromatic N) is 5. The molecule has 1 aromatic carbocycles. The first kappa shape index (κ1) is 19.2. The molecule has 0 aliphatic carbocycles. The molecular weight excluding hydrogens is 358 g/mol. The van der Waals surface area contributed by atoms with E-state index in [1.165, 1.54) is 5.01 Å². The van der Waals surface area contributed by atoms with Gasteiger partial charge in [0.05, 0.1) is 23.5 Å². The number of rotatable bonds is 8. The molecule has 0 saturated carbocycles. The van der Waals surface area contributed by atoms with E-state index in [4.69, 9.17) is 4.74 Å². The third-order valence-corrected chi connectivity index (χ3v) is 5.34. The lowest BCUT2D eigenvalue weighted by molar-refractivity contribution is 0.413. The van der Waals surface area contributed by atoms with E-state index in [0.29, 0.717) is 5.92 Å². The van der Waals surface area contributed by atoms with Crippen LogP contribution >= 0.6 is 11.3 Å². The molecular formula is C20H25N5OS. The quantitative estimate of drug-likeness (QED) is 0.574. The highest BCUT2D eigenvalue weighted by Gasteiger charge is 2.08. The van der Waals surface area contributed by atoms with Crippen LogP contribution in [0.3, 0.4) is 0 Å². The van der Waals surface area contributed by atoms with Crippen molar-refractivity contribution in [1.82, 2.24) is 25.2 Å². The Morgan fingerprint density at radius 1 is 1.30 bits per heavy atom.